The number of methoxy groups -OCH3 is 2. The predicted molar refractivity (Wildman–Crippen MR) is 69.3 cm³/mol. The Hall–Kier alpha value is -2.06. The van der Waals surface area contributed by atoms with Gasteiger partial charge in [-0.1, -0.05) is 12.2 Å². The summed E-state index contributed by atoms with van der Waals surface area (Å²) in [6.07, 6.45) is 0. The van der Waals surface area contributed by atoms with Crippen molar-refractivity contribution in [3.63, 3.8) is 0 Å². The second kappa shape index (κ2) is 5.87. The first-order valence-electron chi connectivity index (χ1n) is 4.76. The normalized spacial score (nSPS) is 11.1. The molecule has 0 amide bonds. The predicted octanol–water partition coefficient (Wildman–Crippen LogP) is 1.86. The summed E-state index contributed by atoms with van der Waals surface area (Å²) < 4.78 is 10.2. The third-order valence-electron chi connectivity index (χ3n) is 2.14. The largest absolute Gasteiger partial charge is 0.497 e. The zero-order valence-electron chi connectivity index (χ0n) is 9.56. The van der Waals surface area contributed by atoms with Crippen molar-refractivity contribution in [3.8, 4) is 11.8 Å². The van der Waals surface area contributed by atoms with Crippen molar-refractivity contribution in [1.29, 1.82) is 5.26 Å². The van der Waals surface area contributed by atoms with E-state index in [1.165, 1.54) is 7.11 Å². The molecule has 0 aliphatic rings. The molecule has 0 heterocycles. The Labute approximate surface area is 105 Å². The first kappa shape index (κ1) is 13.0. The molecule has 1 aromatic carbocycles. The monoisotopic (exact) mass is 248 g/mol. The minimum absolute atomic E-state index is 0.0140. The van der Waals surface area contributed by atoms with Crippen LogP contribution in [0.15, 0.2) is 29.8 Å². The molecule has 1 aromatic rings. The SMILES string of the molecule is CO/C(=C(\C#N)C(N)=S)c1ccc(OC)cc1. The number of nitriles is 1. The van der Waals surface area contributed by atoms with E-state index >= 15 is 0 Å². The highest BCUT2D eigenvalue weighted by Gasteiger charge is 2.12. The third-order valence-corrected chi connectivity index (χ3v) is 2.35. The quantitative estimate of drug-likeness (QED) is 0.381. The van der Waals surface area contributed by atoms with Crippen LogP contribution >= 0.6 is 12.2 Å². The molecule has 0 fully saturated rings. The molecule has 17 heavy (non-hydrogen) atoms. The maximum Gasteiger partial charge on any atom is 0.146 e. The van der Waals surface area contributed by atoms with Crippen LogP contribution in [0.5, 0.6) is 5.75 Å². The molecule has 0 aromatic heterocycles. The third kappa shape index (κ3) is 2.95. The Kier molecular flexibility index (Phi) is 4.49. The van der Waals surface area contributed by atoms with E-state index in [2.05, 4.69) is 0 Å². The van der Waals surface area contributed by atoms with Crippen LogP contribution in [0.3, 0.4) is 0 Å². The van der Waals surface area contributed by atoms with E-state index in [1.807, 2.05) is 6.07 Å². The number of rotatable bonds is 4. The number of thiocarbonyl (C=S) groups is 1. The van der Waals surface area contributed by atoms with E-state index in [4.69, 9.17) is 32.7 Å². The van der Waals surface area contributed by atoms with Crippen LogP contribution in [0.25, 0.3) is 5.76 Å². The fraction of sp³-hybridized carbons (Fsp3) is 0.167. The van der Waals surface area contributed by atoms with Gasteiger partial charge >= 0.3 is 0 Å². The van der Waals surface area contributed by atoms with Gasteiger partial charge in [-0.2, -0.15) is 5.26 Å². The number of nitrogens with zero attached hydrogens (tertiary/aromatic N) is 1. The van der Waals surface area contributed by atoms with Gasteiger partial charge < -0.3 is 15.2 Å². The lowest BCUT2D eigenvalue weighted by Crippen LogP contribution is -2.12. The molecule has 0 aliphatic heterocycles. The molecule has 5 heteroatoms. The van der Waals surface area contributed by atoms with Gasteiger partial charge in [0.25, 0.3) is 0 Å². The van der Waals surface area contributed by atoms with Crippen LogP contribution < -0.4 is 10.5 Å². The molecule has 0 unspecified atom stereocenters. The molecule has 0 spiro atoms. The molecular weight excluding hydrogens is 236 g/mol. The summed E-state index contributed by atoms with van der Waals surface area (Å²) in [6.45, 7) is 0. The van der Waals surface area contributed by atoms with Gasteiger partial charge in [0, 0.05) is 5.56 Å². The molecule has 0 radical (unpaired) electrons. The van der Waals surface area contributed by atoms with Gasteiger partial charge in [0.2, 0.25) is 0 Å². The van der Waals surface area contributed by atoms with Crippen molar-refractivity contribution in [2.45, 2.75) is 0 Å². The fourth-order valence-electron chi connectivity index (χ4n) is 1.32. The van der Waals surface area contributed by atoms with Gasteiger partial charge in [-0.15, -0.1) is 0 Å². The summed E-state index contributed by atoms with van der Waals surface area (Å²) in [7, 11) is 3.05. The molecular formula is C12H12N2O2S. The van der Waals surface area contributed by atoms with Crippen molar-refractivity contribution in [2.75, 3.05) is 14.2 Å². The van der Waals surface area contributed by atoms with Crippen molar-refractivity contribution < 1.29 is 9.47 Å². The highest BCUT2D eigenvalue weighted by Crippen LogP contribution is 2.22. The highest BCUT2D eigenvalue weighted by molar-refractivity contribution is 7.80. The second-order valence-corrected chi connectivity index (χ2v) is 3.55. The van der Waals surface area contributed by atoms with Gasteiger partial charge in [-0.3, -0.25) is 0 Å². The van der Waals surface area contributed by atoms with Gasteiger partial charge in [-0.05, 0) is 24.3 Å². The maximum atomic E-state index is 8.98. The second-order valence-electron chi connectivity index (χ2n) is 3.11. The van der Waals surface area contributed by atoms with E-state index in [0.717, 1.165) is 11.3 Å². The first-order valence-corrected chi connectivity index (χ1v) is 5.17. The Bertz CT molecular complexity index is 486. The molecule has 1 rings (SSSR count). The summed E-state index contributed by atoms with van der Waals surface area (Å²) in [5.41, 5.74) is 6.34. The molecule has 0 aliphatic carbocycles. The van der Waals surface area contributed by atoms with Gasteiger partial charge in [0.05, 0.1) is 14.2 Å². The Morgan fingerprint density at radius 3 is 2.24 bits per heavy atom. The van der Waals surface area contributed by atoms with E-state index < -0.39 is 0 Å². The average molecular weight is 248 g/mol. The summed E-state index contributed by atoms with van der Waals surface area (Å²) in [5.74, 6) is 1.08. The topological polar surface area (TPSA) is 68.3 Å². The molecule has 0 bridgehead atoms. The summed E-state index contributed by atoms with van der Waals surface area (Å²) in [4.78, 5) is 0.0140. The van der Waals surface area contributed by atoms with Crippen LogP contribution in [0, 0.1) is 11.3 Å². The van der Waals surface area contributed by atoms with Crippen LogP contribution in [0.1, 0.15) is 5.56 Å². The smallest absolute Gasteiger partial charge is 0.146 e. The van der Waals surface area contributed by atoms with E-state index in [1.54, 1.807) is 31.4 Å². The number of ether oxygens (including phenoxy) is 2. The van der Waals surface area contributed by atoms with Gasteiger partial charge in [0.1, 0.15) is 28.1 Å². The molecule has 0 saturated carbocycles. The Morgan fingerprint density at radius 1 is 1.29 bits per heavy atom. The van der Waals surface area contributed by atoms with Crippen LogP contribution in [0.2, 0.25) is 0 Å². The molecule has 0 saturated heterocycles. The van der Waals surface area contributed by atoms with Crippen molar-refractivity contribution in [2.24, 2.45) is 5.73 Å². The molecule has 4 nitrogen and oxygen atoms in total. The van der Waals surface area contributed by atoms with Gasteiger partial charge in [-0.25, -0.2) is 0 Å². The summed E-state index contributed by atoms with van der Waals surface area (Å²) in [6, 6.07) is 9.01. The molecule has 0 atom stereocenters. The van der Waals surface area contributed by atoms with E-state index in [0.29, 0.717) is 5.76 Å². The summed E-state index contributed by atoms with van der Waals surface area (Å²) >= 11 is 4.80. The number of hydrogen-bond acceptors (Lipinski definition) is 4. The lowest BCUT2D eigenvalue weighted by Gasteiger charge is -2.09. The number of nitrogens with two attached hydrogens (primary N) is 1. The van der Waals surface area contributed by atoms with Gasteiger partial charge in [0.15, 0.2) is 0 Å². The Balaban J connectivity index is 3.26. The molecule has 2 N–H and O–H groups in total. The first-order chi connectivity index (χ1) is 8.13. The number of hydrogen-bond donors (Lipinski definition) is 1. The summed E-state index contributed by atoms with van der Waals surface area (Å²) in [5, 5.41) is 8.98. The Morgan fingerprint density at radius 2 is 1.88 bits per heavy atom. The highest BCUT2D eigenvalue weighted by atomic mass is 32.1. The zero-order chi connectivity index (χ0) is 12.8. The lowest BCUT2D eigenvalue weighted by atomic mass is 10.1. The van der Waals surface area contributed by atoms with E-state index in [9.17, 15) is 0 Å². The zero-order valence-corrected chi connectivity index (χ0v) is 10.4. The lowest BCUT2D eigenvalue weighted by molar-refractivity contribution is 0.369. The van der Waals surface area contributed by atoms with Crippen LogP contribution in [0.4, 0.5) is 0 Å². The van der Waals surface area contributed by atoms with Crippen molar-refractivity contribution >= 4 is 23.0 Å². The average Bonchev–Trinajstić information content (AvgIpc) is 2.35. The standard InChI is InChI=1S/C12H12N2O2S/c1-15-9-5-3-8(4-6-9)11(16-2)10(7-13)12(14)17/h3-6H,1-2H3,(H2,14,17)/b11-10+. The van der Waals surface area contributed by atoms with Crippen molar-refractivity contribution in [1.82, 2.24) is 0 Å². The van der Waals surface area contributed by atoms with Crippen LogP contribution in [-0.2, 0) is 4.74 Å². The van der Waals surface area contributed by atoms with Crippen molar-refractivity contribution in [3.05, 3.63) is 35.4 Å². The number of benzene rings is 1. The minimum atomic E-state index is 0.0140. The molecule has 88 valence electrons. The fourth-order valence-corrected chi connectivity index (χ4v) is 1.46. The van der Waals surface area contributed by atoms with Crippen LogP contribution in [-0.4, -0.2) is 19.2 Å². The maximum absolute atomic E-state index is 8.98. The minimum Gasteiger partial charge on any atom is -0.497 e. The van der Waals surface area contributed by atoms with E-state index in [-0.39, 0.29) is 10.6 Å².